The van der Waals surface area contributed by atoms with Crippen LogP contribution in [-0.2, 0) is 16.0 Å². The Bertz CT molecular complexity index is 606. The number of hydrogen-bond acceptors (Lipinski definition) is 3. The molecular formula is C18H24FNO4. The summed E-state index contributed by atoms with van der Waals surface area (Å²) < 4.78 is 13.2. The van der Waals surface area contributed by atoms with Gasteiger partial charge in [0.25, 0.3) is 0 Å². The molecule has 1 fully saturated rings. The highest BCUT2D eigenvalue weighted by Gasteiger charge is 2.49. The van der Waals surface area contributed by atoms with E-state index in [2.05, 4.69) is 0 Å². The van der Waals surface area contributed by atoms with E-state index >= 15 is 0 Å². The Morgan fingerprint density at radius 2 is 2.17 bits per heavy atom. The van der Waals surface area contributed by atoms with Crippen LogP contribution in [-0.4, -0.2) is 46.2 Å². The van der Waals surface area contributed by atoms with Crippen LogP contribution in [0.25, 0.3) is 0 Å². The molecule has 2 atom stereocenters. The van der Waals surface area contributed by atoms with Gasteiger partial charge in [-0.1, -0.05) is 25.5 Å². The molecule has 132 valence electrons. The van der Waals surface area contributed by atoms with Crippen molar-refractivity contribution in [3.63, 3.8) is 0 Å². The number of likely N-dealkylation sites (tertiary alicyclic amines) is 1. The number of hydrogen-bond donors (Lipinski definition) is 2. The highest BCUT2D eigenvalue weighted by atomic mass is 19.1. The van der Waals surface area contributed by atoms with E-state index in [-0.39, 0.29) is 31.1 Å². The van der Waals surface area contributed by atoms with Gasteiger partial charge in [0.15, 0.2) is 0 Å². The van der Waals surface area contributed by atoms with Gasteiger partial charge < -0.3 is 15.1 Å². The van der Waals surface area contributed by atoms with Crippen LogP contribution in [0, 0.1) is 11.2 Å². The number of carboxylic acid groups (broad SMARTS) is 1. The maximum atomic E-state index is 13.2. The third kappa shape index (κ3) is 3.93. The van der Waals surface area contributed by atoms with Crippen LogP contribution in [0.2, 0.25) is 0 Å². The van der Waals surface area contributed by atoms with Crippen LogP contribution >= 0.6 is 0 Å². The molecule has 2 N–H and O–H groups in total. The van der Waals surface area contributed by atoms with Crippen molar-refractivity contribution in [1.29, 1.82) is 0 Å². The molecule has 1 saturated heterocycles. The van der Waals surface area contributed by atoms with Crippen molar-refractivity contribution in [3.8, 4) is 0 Å². The third-order valence-corrected chi connectivity index (χ3v) is 4.77. The summed E-state index contributed by atoms with van der Waals surface area (Å²) in [6.45, 7) is 2.24. The summed E-state index contributed by atoms with van der Waals surface area (Å²) in [5.74, 6) is -1.55. The second kappa shape index (κ2) is 7.75. The lowest BCUT2D eigenvalue weighted by atomic mass is 9.74. The summed E-state index contributed by atoms with van der Waals surface area (Å²) in [7, 11) is 0. The molecule has 1 aromatic rings. The average Bonchev–Trinajstić information content (AvgIpc) is 2.54. The maximum Gasteiger partial charge on any atom is 0.314 e. The highest BCUT2D eigenvalue weighted by molar-refractivity contribution is 5.80. The number of nitrogens with zero attached hydrogens (tertiary/aromatic N) is 1. The van der Waals surface area contributed by atoms with E-state index in [0.717, 1.165) is 5.56 Å². The molecule has 5 nitrogen and oxygen atoms in total. The molecular weight excluding hydrogens is 313 g/mol. The molecule has 0 saturated carbocycles. The smallest absolute Gasteiger partial charge is 0.314 e. The minimum atomic E-state index is -1.29. The summed E-state index contributed by atoms with van der Waals surface area (Å²) in [4.78, 5) is 25.7. The van der Waals surface area contributed by atoms with Crippen molar-refractivity contribution < 1.29 is 24.2 Å². The zero-order chi connectivity index (χ0) is 17.7. The van der Waals surface area contributed by atoms with Crippen molar-refractivity contribution in [2.45, 2.75) is 45.1 Å². The molecule has 1 aliphatic rings. The fourth-order valence-electron chi connectivity index (χ4n) is 3.40. The van der Waals surface area contributed by atoms with Crippen molar-refractivity contribution in [1.82, 2.24) is 4.90 Å². The predicted octanol–water partition coefficient (Wildman–Crippen LogP) is 2.22. The molecule has 24 heavy (non-hydrogen) atoms. The van der Waals surface area contributed by atoms with Crippen LogP contribution in [0.1, 0.15) is 38.2 Å². The highest BCUT2D eigenvalue weighted by Crippen LogP contribution is 2.35. The number of amides is 1. The standard InChI is InChI=1S/C18H24FNO4/c1-2-9-18(17(23)24)12-20(10-8-15(18)21)16(22)7-6-13-4-3-5-14(19)11-13/h3-5,11,15,21H,2,6-10,12H2,1H3,(H,23,24)/t15-,18-/m1/s1. The number of carbonyl (C=O) groups excluding carboxylic acids is 1. The van der Waals surface area contributed by atoms with Gasteiger partial charge in [0.05, 0.1) is 6.10 Å². The van der Waals surface area contributed by atoms with Crippen LogP contribution in [0.5, 0.6) is 0 Å². The summed E-state index contributed by atoms with van der Waals surface area (Å²) in [6, 6.07) is 6.10. The van der Waals surface area contributed by atoms with E-state index in [1.165, 1.54) is 17.0 Å². The van der Waals surface area contributed by atoms with E-state index in [1.807, 2.05) is 6.92 Å². The predicted molar refractivity (Wildman–Crippen MR) is 86.9 cm³/mol. The Kier molecular flexibility index (Phi) is 5.94. The largest absolute Gasteiger partial charge is 0.481 e. The van der Waals surface area contributed by atoms with E-state index in [1.54, 1.807) is 12.1 Å². The molecule has 0 aliphatic carbocycles. The lowest BCUT2D eigenvalue weighted by Crippen LogP contribution is -2.57. The number of rotatable bonds is 6. The molecule has 0 aromatic heterocycles. The van der Waals surface area contributed by atoms with Crippen LogP contribution in [0.15, 0.2) is 24.3 Å². The number of halogens is 1. The normalized spacial score (nSPS) is 24.0. The van der Waals surface area contributed by atoms with Gasteiger partial charge in [0.2, 0.25) is 5.91 Å². The fraction of sp³-hybridized carbons (Fsp3) is 0.556. The van der Waals surface area contributed by atoms with Gasteiger partial charge in [0.1, 0.15) is 11.2 Å². The number of carboxylic acids is 1. The Labute approximate surface area is 141 Å². The molecule has 0 unspecified atom stereocenters. The molecule has 1 aliphatic heterocycles. The number of carbonyl (C=O) groups is 2. The first-order valence-electron chi connectivity index (χ1n) is 8.32. The molecule has 0 bridgehead atoms. The van der Waals surface area contributed by atoms with Gasteiger partial charge in [-0.15, -0.1) is 0 Å². The topological polar surface area (TPSA) is 77.8 Å². The van der Waals surface area contributed by atoms with Gasteiger partial charge in [0, 0.05) is 19.5 Å². The molecule has 0 radical (unpaired) electrons. The fourth-order valence-corrected chi connectivity index (χ4v) is 3.40. The van der Waals surface area contributed by atoms with E-state index < -0.39 is 17.5 Å². The maximum absolute atomic E-state index is 13.2. The number of aliphatic hydroxyl groups excluding tert-OH is 1. The Hall–Kier alpha value is -1.95. The summed E-state index contributed by atoms with van der Waals surface area (Å²) in [5, 5.41) is 19.8. The van der Waals surface area contributed by atoms with Crippen molar-refractivity contribution >= 4 is 11.9 Å². The van der Waals surface area contributed by atoms with E-state index in [9.17, 15) is 24.2 Å². The Morgan fingerprint density at radius 1 is 1.42 bits per heavy atom. The number of aliphatic carboxylic acids is 1. The van der Waals surface area contributed by atoms with Gasteiger partial charge in [-0.2, -0.15) is 0 Å². The van der Waals surface area contributed by atoms with Crippen molar-refractivity contribution in [2.75, 3.05) is 13.1 Å². The van der Waals surface area contributed by atoms with Crippen LogP contribution in [0.3, 0.4) is 0 Å². The molecule has 1 heterocycles. The zero-order valence-corrected chi connectivity index (χ0v) is 13.9. The summed E-state index contributed by atoms with van der Waals surface area (Å²) in [6.07, 6.45) is 0.872. The molecule has 1 amide bonds. The third-order valence-electron chi connectivity index (χ3n) is 4.77. The first-order chi connectivity index (χ1) is 11.4. The molecule has 6 heteroatoms. The lowest BCUT2D eigenvalue weighted by Gasteiger charge is -2.43. The van der Waals surface area contributed by atoms with E-state index in [0.29, 0.717) is 25.8 Å². The summed E-state index contributed by atoms with van der Waals surface area (Å²) in [5.41, 5.74) is -0.555. The Morgan fingerprint density at radius 3 is 2.79 bits per heavy atom. The van der Waals surface area contributed by atoms with Gasteiger partial charge in [-0.05, 0) is 37.0 Å². The lowest BCUT2D eigenvalue weighted by molar-refractivity contribution is -0.166. The molecule has 0 spiro atoms. The quantitative estimate of drug-likeness (QED) is 0.834. The van der Waals surface area contributed by atoms with Gasteiger partial charge in [-0.25, -0.2) is 4.39 Å². The Balaban J connectivity index is 2.03. The average molecular weight is 337 g/mol. The second-order valence-electron chi connectivity index (χ2n) is 6.46. The molecule has 1 aromatic carbocycles. The SMILES string of the molecule is CCC[C@@]1(C(=O)O)CN(C(=O)CCc2cccc(F)c2)CC[C@H]1O. The first-order valence-corrected chi connectivity index (χ1v) is 8.32. The minimum Gasteiger partial charge on any atom is -0.481 e. The van der Waals surface area contributed by atoms with Crippen molar-refractivity contribution in [3.05, 3.63) is 35.6 Å². The first kappa shape index (κ1) is 18.4. The number of benzene rings is 1. The number of aliphatic hydroxyl groups is 1. The van der Waals surface area contributed by atoms with Crippen LogP contribution in [0.4, 0.5) is 4.39 Å². The van der Waals surface area contributed by atoms with Gasteiger partial charge in [-0.3, -0.25) is 9.59 Å². The number of piperidine rings is 1. The van der Waals surface area contributed by atoms with Gasteiger partial charge >= 0.3 is 5.97 Å². The van der Waals surface area contributed by atoms with E-state index in [4.69, 9.17) is 0 Å². The summed E-state index contributed by atoms with van der Waals surface area (Å²) >= 11 is 0. The zero-order valence-electron chi connectivity index (χ0n) is 13.9. The number of aryl methyl sites for hydroxylation is 1. The minimum absolute atomic E-state index is 0.0271. The van der Waals surface area contributed by atoms with Crippen molar-refractivity contribution in [2.24, 2.45) is 5.41 Å². The molecule has 2 rings (SSSR count). The van der Waals surface area contributed by atoms with Crippen LogP contribution < -0.4 is 0 Å². The monoisotopic (exact) mass is 337 g/mol. The second-order valence-corrected chi connectivity index (χ2v) is 6.46.